The van der Waals surface area contributed by atoms with Crippen LogP contribution in [0.2, 0.25) is 0 Å². The van der Waals surface area contributed by atoms with Gasteiger partial charge >= 0.3 is 0 Å². The van der Waals surface area contributed by atoms with E-state index >= 15 is 0 Å². The summed E-state index contributed by atoms with van der Waals surface area (Å²) in [6, 6.07) is 0. The van der Waals surface area contributed by atoms with Crippen molar-refractivity contribution in [2.75, 3.05) is 13.1 Å². The Morgan fingerprint density at radius 1 is 1.08 bits per heavy atom. The summed E-state index contributed by atoms with van der Waals surface area (Å²) < 4.78 is 0. The molecule has 2 nitrogen and oxygen atoms in total. The van der Waals surface area contributed by atoms with Crippen molar-refractivity contribution in [3.8, 4) is 0 Å². The second kappa shape index (κ2) is 3.52. The Bertz CT molecular complexity index is 319. The zero-order chi connectivity index (χ0) is 9.10. The Kier molecular flexibility index (Phi) is 2.21. The van der Waals surface area contributed by atoms with Crippen molar-refractivity contribution in [1.29, 1.82) is 0 Å². The standard InChI is InChI=1S/C11H14N2/c1-9-5-6-11(13-8-9)10-4-2-3-7-12-10/h2-6,12-13H,7-8H2,1H3. The van der Waals surface area contributed by atoms with E-state index in [1.54, 1.807) is 0 Å². The first kappa shape index (κ1) is 8.17. The predicted octanol–water partition coefficient (Wildman–Crippen LogP) is 1.46. The van der Waals surface area contributed by atoms with E-state index < -0.39 is 0 Å². The molecule has 0 saturated carbocycles. The quantitative estimate of drug-likeness (QED) is 0.629. The summed E-state index contributed by atoms with van der Waals surface area (Å²) in [4.78, 5) is 0. The summed E-state index contributed by atoms with van der Waals surface area (Å²) in [5, 5.41) is 6.68. The van der Waals surface area contributed by atoms with Crippen molar-refractivity contribution in [1.82, 2.24) is 10.6 Å². The molecule has 0 bridgehead atoms. The zero-order valence-electron chi connectivity index (χ0n) is 7.80. The highest BCUT2D eigenvalue weighted by molar-refractivity contribution is 5.39. The second-order valence-corrected chi connectivity index (χ2v) is 3.34. The zero-order valence-corrected chi connectivity index (χ0v) is 7.80. The van der Waals surface area contributed by atoms with Crippen LogP contribution in [0.25, 0.3) is 0 Å². The van der Waals surface area contributed by atoms with Gasteiger partial charge in [-0.3, -0.25) is 0 Å². The lowest BCUT2D eigenvalue weighted by Crippen LogP contribution is -2.27. The molecule has 0 radical (unpaired) electrons. The van der Waals surface area contributed by atoms with Crippen LogP contribution in [0.1, 0.15) is 6.92 Å². The molecule has 0 aromatic carbocycles. The predicted molar refractivity (Wildman–Crippen MR) is 55.1 cm³/mol. The first-order valence-corrected chi connectivity index (χ1v) is 4.58. The first-order valence-electron chi connectivity index (χ1n) is 4.58. The van der Waals surface area contributed by atoms with Crippen LogP contribution in [0.5, 0.6) is 0 Å². The minimum atomic E-state index is 0.924. The van der Waals surface area contributed by atoms with Crippen LogP contribution in [-0.4, -0.2) is 13.1 Å². The molecule has 2 N–H and O–H groups in total. The van der Waals surface area contributed by atoms with Crippen molar-refractivity contribution in [2.45, 2.75) is 6.92 Å². The van der Waals surface area contributed by atoms with Gasteiger partial charge in [-0.2, -0.15) is 0 Å². The molecular formula is C11H14N2. The molecule has 0 aromatic heterocycles. The minimum Gasteiger partial charge on any atom is -0.380 e. The molecule has 2 rings (SSSR count). The van der Waals surface area contributed by atoms with Crippen molar-refractivity contribution in [2.24, 2.45) is 0 Å². The monoisotopic (exact) mass is 174 g/mol. The fourth-order valence-corrected chi connectivity index (χ4v) is 1.41. The molecule has 2 heteroatoms. The van der Waals surface area contributed by atoms with E-state index in [0.717, 1.165) is 13.1 Å². The van der Waals surface area contributed by atoms with Gasteiger partial charge in [-0.25, -0.2) is 0 Å². The van der Waals surface area contributed by atoms with E-state index in [2.05, 4.69) is 47.9 Å². The van der Waals surface area contributed by atoms with E-state index in [9.17, 15) is 0 Å². The Hall–Kier alpha value is -1.44. The minimum absolute atomic E-state index is 0.924. The number of hydrogen-bond acceptors (Lipinski definition) is 2. The van der Waals surface area contributed by atoms with E-state index in [1.807, 2.05) is 0 Å². The summed E-state index contributed by atoms with van der Waals surface area (Å²) in [5.74, 6) is 0. The van der Waals surface area contributed by atoms with E-state index in [4.69, 9.17) is 0 Å². The average Bonchev–Trinajstić information content (AvgIpc) is 2.20. The topological polar surface area (TPSA) is 24.1 Å². The third kappa shape index (κ3) is 1.83. The molecule has 0 aromatic rings. The highest BCUT2D eigenvalue weighted by Gasteiger charge is 2.07. The molecule has 0 spiro atoms. The Morgan fingerprint density at radius 3 is 2.54 bits per heavy atom. The number of hydrogen-bond donors (Lipinski definition) is 2. The summed E-state index contributed by atoms with van der Waals surface area (Å²) in [5.41, 5.74) is 3.75. The molecule has 0 fully saturated rings. The number of allylic oxidation sites excluding steroid dienone is 4. The summed E-state index contributed by atoms with van der Waals surface area (Å²) in [6.07, 6.45) is 10.6. The Morgan fingerprint density at radius 2 is 1.92 bits per heavy atom. The molecule has 0 saturated heterocycles. The number of rotatable bonds is 1. The Labute approximate surface area is 78.7 Å². The first-order chi connectivity index (χ1) is 6.36. The largest absolute Gasteiger partial charge is 0.380 e. The van der Waals surface area contributed by atoms with Crippen molar-refractivity contribution in [3.63, 3.8) is 0 Å². The Balaban J connectivity index is 2.17. The van der Waals surface area contributed by atoms with Crippen LogP contribution < -0.4 is 10.6 Å². The van der Waals surface area contributed by atoms with Gasteiger partial charge in [0.15, 0.2) is 0 Å². The van der Waals surface area contributed by atoms with Crippen LogP contribution >= 0.6 is 0 Å². The molecule has 0 unspecified atom stereocenters. The summed E-state index contributed by atoms with van der Waals surface area (Å²) >= 11 is 0. The summed E-state index contributed by atoms with van der Waals surface area (Å²) in [7, 11) is 0. The van der Waals surface area contributed by atoms with Gasteiger partial charge in [0, 0.05) is 13.1 Å². The van der Waals surface area contributed by atoms with E-state index in [0.29, 0.717) is 0 Å². The third-order valence-electron chi connectivity index (χ3n) is 2.19. The van der Waals surface area contributed by atoms with Crippen LogP contribution in [0.3, 0.4) is 0 Å². The number of dihydropyridines is 2. The molecule has 0 amide bonds. The lowest BCUT2D eigenvalue weighted by molar-refractivity contribution is 0.800. The van der Waals surface area contributed by atoms with Crippen LogP contribution in [0.4, 0.5) is 0 Å². The SMILES string of the molecule is CC1=CC=C(C2=CC=CCN2)NC1. The summed E-state index contributed by atoms with van der Waals surface area (Å²) in [6.45, 7) is 4.00. The molecule has 0 atom stereocenters. The maximum atomic E-state index is 3.37. The van der Waals surface area contributed by atoms with Crippen molar-refractivity contribution in [3.05, 3.63) is 47.3 Å². The molecule has 2 aliphatic rings. The maximum absolute atomic E-state index is 3.37. The highest BCUT2D eigenvalue weighted by Crippen LogP contribution is 2.11. The van der Waals surface area contributed by atoms with Gasteiger partial charge in [0.2, 0.25) is 0 Å². The van der Waals surface area contributed by atoms with Gasteiger partial charge < -0.3 is 10.6 Å². The average molecular weight is 174 g/mol. The van der Waals surface area contributed by atoms with Gasteiger partial charge in [0.05, 0.1) is 11.4 Å². The fourth-order valence-electron chi connectivity index (χ4n) is 1.41. The highest BCUT2D eigenvalue weighted by atomic mass is 15.0. The molecule has 2 heterocycles. The normalized spacial score (nSPS) is 20.8. The van der Waals surface area contributed by atoms with Crippen LogP contribution in [-0.2, 0) is 0 Å². The third-order valence-corrected chi connectivity index (χ3v) is 2.19. The lowest BCUT2D eigenvalue weighted by Gasteiger charge is -2.19. The maximum Gasteiger partial charge on any atom is 0.0578 e. The van der Waals surface area contributed by atoms with Gasteiger partial charge in [-0.1, -0.05) is 23.8 Å². The van der Waals surface area contributed by atoms with E-state index in [1.165, 1.54) is 17.0 Å². The molecule has 2 aliphatic heterocycles. The van der Waals surface area contributed by atoms with Gasteiger partial charge in [0.1, 0.15) is 0 Å². The number of nitrogens with one attached hydrogen (secondary N) is 2. The van der Waals surface area contributed by atoms with Crippen molar-refractivity contribution >= 4 is 0 Å². The fraction of sp³-hybridized carbons (Fsp3) is 0.273. The van der Waals surface area contributed by atoms with Gasteiger partial charge in [-0.15, -0.1) is 0 Å². The van der Waals surface area contributed by atoms with E-state index in [-0.39, 0.29) is 0 Å². The van der Waals surface area contributed by atoms with Crippen LogP contribution in [0.15, 0.2) is 47.3 Å². The lowest BCUT2D eigenvalue weighted by atomic mass is 10.1. The van der Waals surface area contributed by atoms with Crippen LogP contribution in [0, 0.1) is 0 Å². The van der Waals surface area contributed by atoms with Crippen molar-refractivity contribution < 1.29 is 0 Å². The van der Waals surface area contributed by atoms with Gasteiger partial charge in [0.25, 0.3) is 0 Å². The molecular weight excluding hydrogens is 160 g/mol. The molecule has 13 heavy (non-hydrogen) atoms. The smallest absolute Gasteiger partial charge is 0.0578 e. The second-order valence-electron chi connectivity index (χ2n) is 3.34. The van der Waals surface area contributed by atoms with Gasteiger partial charge in [-0.05, 0) is 19.1 Å². The molecule has 68 valence electrons. The molecule has 0 aliphatic carbocycles.